The molecule has 19 heavy (non-hydrogen) atoms. The van der Waals surface area contributed by atoms with Crippen molar-refractivity contribution in [2.45, 2.75) is 11.7 Å². The maximum absolute atomic E-state index is 11.3. The van der Waals surface area contributed by atoms with Crippen LogP contribution in [0.1, 0.15) is 17.3 Å². The van der Waals surface area contributed by atoms with Crippen molar-refractivity contribution in [2.24, 2.45) is 0 Å². The van der Waals surface area contributed by atoms with E-state index >= 15 is 0 Å². The summed E-state index contributed by atoms with van der Waals surface area (Å²) in [5.74, 6) is -1.91. The van der Waals surface area contributed by atoms with Gasteiger partial charge in [0.25, 0.3) is 0 Å². The molecule has 0 aromatic heterocycles. The number of rotatable bonds is 4. The molecule has 1 unspecified atom stereocenters. The molecule has 2 rings (SSSR count). The van der Waals surface area contributed by atoms with E-state index in [0.29, 0.717) is 4.46 Å². The third-order valence-corrected chi connectivity index (χ3v) is 5.14. The van der Waals surface area contributed by atoms with E-state index in [2.05, 4.69) is 0 Å². The fraction of sp³-hybridized carbons (Fsp3) is 0.143. The molecule has 0 aliphatic rings. The molecule has 0 fully saturated rings. The van der Waals surface area contributed by atoms with E-state index in [4.69, 9.17) is 5.11 Å². The van der Waals surface area contributed by atoms with E-state index in [-0.39, 0.29) is 5.56 Å². The van der Waals surface area contributed by atoms with Gasteiger partial charge in [-0.3, -0.25) is 0 Å². The molecule has 0 aliphatic carbocycles. The summed E-state index contributed by atoms with van der Waals surface area (Å²) in [5, 5.41) is 20.0. The summed E-state index contributed by atoms with van der Waals surface area (Å²) >= 11 is -0.413. The van der Waals surface area contributed by atoms with E-state index in [1.807, 2.05) is 24.3 Å². The van der Waals surface area contributed by atoms with Crippen molar-refractivity contribution in [3.05, 3.63) is 42.0 Å². The van der Waals surface area contributed by atoms with Crippen LogP contribution >= 0.6 is 0 Å². The number of fused-ring (bicyclic) bond motifs is 1. The van der Waals surface area contributed by atoms with Crippen LogP contribution in [0.15, 0.2) is 36.4 Å². The van der Waals surface area contributed by atoms with E-state index in [1.165, 1.54) is 0 Å². The van der Waals surface area contributed by atoms with Gasteiger partial charge in [-0.2, -0.15) is 0 Å². The van der Waals surface area contributed by atoms with Crippen LogP contribution in [0, 0.1) is 0 Å². The first-order valence-electron chi connectivity index (χ1n) is 5.64. The SMILES string of the molecule is CC([Se]c1cc2ccccc2cc1C(=O)O)C(=O)O. The van der Waals surface area contributed by atoms with E-state index in [0.717, 1.165) is 10.8 Å². The van der Waals surface area contributed by atoms with Crippen molar-refractivity contribution in [1.29, 1.82) is 0 Å². The predicted molar refractivity (Wildman–Crippen MR) is 73.4 cm³/mol. The first-order valence-corrected chi connectivity index (χ1v) is 7.49. The second-order valence-electron chi connectivity index (χ2n) is 4.10. The molecule has 5 heteroatoms. The van der Waals surface area contributed by atoms with Gasteiger partial charge in [-0.15, -0.1) is 0 Å². The average molecular weight is 323 g/mol. The first-order chi connectivity index (χ1) is 8.99. The summed E-state index contributed by atoms with van der Waals surface area (Å²) in [6.45, 7) is 1.60. The average Bonchev–Trinajstić information content (AvgIpc) is 2.37. The molecule has 0 saturated carbocycles. The normalized spacial score (nSPS) is 12.3. The Hall–Kier alpha value is -1.84. The molecule has 0 aliphatic heterocycles. The van der Waals surface area contributed by atoms with Gasteiger partial charge < -0.3 is 0 Å². The Labute approximate surface area is 116 Å². The van der Waals surface area contributed by atoms with Crippen LogP contribution in [0.3, 0.4) is 0 Å². The van der Waals surface area contributed by atoms with Crippen LogP contribution in [0.4, 0.5) is 0 Å². The summed E-state index contributed by atoms with van der Waals surface area (Å²) in [6.07, 6.45) is 0. The van der Waals surface area contributed by atoms with Gasteiger partial charge in [0.2, 0.25) is 0 Å². The van der Waals surface area contributed by atoms with Gasteiger partial charge in [0.15, 0.2) is 0 Å². The van der Waals surface area contributed by atoms with Crippen molar-refractivity contribution in [1.82, 2.24) is 0 Å². The minimum absolute atomic E-state index is 0.201. The maximum atomic E-state index is 11.3. The summed E-state index contributed by atoms with van der Waals surface area (Å²) in [7, 11) is 0. The summed E-state index contributed by atoms with van der Waals surface area (Å²) in [5.41, 5.74) is 0.201. The van der Waals surface area contributed by atoms with Gasteiger partial charge in [-0.05, 0) is 0 Å². The van der Waals surface area contributed by atoms with E-state index in [1.54, 1.807) is 19.1 Å². The van der Waals surface area contributed by atoms with E-state index in [9.17, 15) is 14.7 Å². The number of benzene rings is 2. The first kappa shape index (κ1) is 13.6. The van der Waals surface area contributed by atoms with Crippen molar-refractivity contribution < 1.29 is 19.8 Å². The zero-order valence-corrected chi connectivity index (χ0v) is 11.9. The van der Waals surface area contributed by atoms with Gasteiger partial charge in [0.1, 0.15) is 0 Å². The van der Waals surface area contributed by atoms with Gasteiger partial charge >= 0.3 is 116 Å². The monoisotopic (exact) mass is 324 g/mol. The Bertz CT molecular complexity index is 651. The van der Waals surface area contributed by atoms with Crippen LogP contribution in [-0.4, -0.2) is 37.1 Å². The second-order valence-corrected chi connectivity index (χ2v) is 7.00. The molecule has 2 aromatic carbocycles. The van der Waals surface area contributed by atoms with Gasteiger partial charge in [0.05, 0.1) is 0 Å². The topological polar surface area (TPSA) is 74.6 Å². The molecule has 0 spiro atoms. The third kappa shape index (κ3) is 2.95. The Morgan fingerprint density at radius 1 is 1.11 bits per heavy atom. The fourth-order valence-corrected chi connectivity index (χ4v) is 3.72. The second kappa shape index (κ2) is 5.43. The fourth-order valence-electron chi connectivity index (χ4n) is 1.72. The molecule has 0 radical (unpaired) electrons. The summed E-state index contributed by atoms with van der Waals surface area (Å²) in [6, 6.07) is 10.9. The van der Waals surface area contributed by atoms with E-state index < -0.39 is 31.7 Å². The van der Waals surface area contributed by atoms with Crippen molar-refractivity contribution in [3.8, 4) is 0 Å². The molecular weight excluding hydrogens is 311 g/mol. The zero-order chi connectivity index (χ0) is 14.0. The molecular formula is C14H12O4Se. The van der Waals surface area contributed by atoms with Gasteiger partial charge in [0, 0.05) is 0 Å². The summed E-state index contributed by atoms with van der Waals surface area (Å²) < 4.78 is 0.619. The van der Waals surface area contributed by atoms with Crippen LogP contribution in [-0.2, 0) is 4.79 Å². The van der Waals surface area contributed by atoms with Crippen molar-refractivity contribution in [2.75, 3.05) is 0 Å². The molecule has 0 saturated heterocycles. The van der Waals surface area contributed by atoms with Gasteiger partial charge in [-0.25, -0.2) is 0 Å². The van der Waals surface area contributed by atoms with Crippen LogP contribution in [0.25, 0.3) is 10.8 Å². The quantitative estimate of drug-likeness (QED) is 0.841. The van der Waals surface area contributed by atoms with Crippen molar-refractivity contribution >= 4 is 42.1 Å². The molecule has 0 heterocycles. The molecule has 2 N–H and O–H groups in total. The van der Waals surface area contributed by atoms with Crippen LogP contribution < -0.4 is 4.46 Å². The number of aromatic carboxylic acids is 1. The summed E-state index contributed by atoms with van der Waals surface area (Å²) in [4.78, 5) is 21.6. The minimum atomic E-state index is -1.01. The Kier molecular flexibility index (Phi) is 3.88. The number of carbonyl (C=O) groups is 2. The van der Waals surface area contributed by atoms with Crippen LogP contribution in [0.5, 0.6) is 0 Å². The number of hydrogen-bond donors (Lipinski definition) is 2. The Morgan fingerprint density at radius 2 is 1.68 bits per heavy atom. The molecule has 0 bridgehead atoms. The van der Waals surface area contributed by atoms with Crippen LogP contribution in [0.2, 0.25) is 4.82 Å². The molecule has 0 amide bonds. The Balaban J connectivity index is 2.53. The molecule has 1 atom stereocenters. The molecule has 4 nitrogen and oxygen atoms in total. The number of aliphatic carboxylic acids is 1. The standard InChI is InChI=1S/C14H12O4Se/c1-8(13(15)16)19-12-7-10-5-3-2-4-9(10)6-11(12)14(17)18/h2-8H,1H3,(H,15,16)(H,17,18). The van der Waals surface area contributed by atoms with Gasteiger partial charge in [-0.1, -0.05) is 0 Å². The number of hydrogen-bond acceptors (Lipinski definition) is 2. The number of carboxylic acid groups (broad SMARTS) is 2. The number of carboxylic acids is 2. The predicted octanol–water partition coefficient (Wildman–Crippen LogP) is 1.76. The molecule has 98 valence electrons. The molecule has 2 aromatic rings. The third-order valence-electron chi connectivity index (χ3n) is 2.73. The zero-order valence-electron chi connectivity index (χ0n) is 10.2. The Morgan fingerprint density at radius 3 is 2.21 bits per heavy atom. The van der Waals surface area contributed by atoms with Crippen molar-refractivity contribution in [3.63, 3.8) is 0 Å².